The molecule has 82 valence electrons. The van der Waals surface area contributed by atoms with Gasteiger partial charge in [-0.3, -0.25) is 0 Å². The van der Waals surface area contributed by atoms with Crippen molar-refractivity contribution < 1.29 is 4.74 Å². The molecule has 0 aromatic carbocycles. The molecule has 0 fully saturated rings. The Kier molecular flexibility index (Phi) is 3.11. The van der Waals surface area contributed by atoms with Crippen LogP contribution in [0.2, 0.25) is 0 Å². The molecule has 15 heavy (non-hydrogen) atoms. The molecule has 5 heteroatoms. The van der Waals surface area contributed by atoms with Gasteiger partial charge >= 0.3 is 0 Å². The molecule has 0 radical (unpaired) electrons. The SMILES string of the molecule is CCC(OC)c1nc(N)c2c(n1)CSC2. The molecule has 4 nitrogen and oxygen atoms in total. The van der Waals surface area contributed by atoms with Crippen LogP contribution in [0.4, 0.5) is 5.82 Å². The number of hydrogen-bond acceptors (Lipinski definition) is 5. The predicted molar refractivity (Wildman–Crippen MR) is 61.5 cm³/mol. The summed E-state index contributed by atoms with van der Waals surface area (Å²) in [6.45, 7) is 2.05. The second kappa shape index (κ2) is 4.37. The Hall–Kier alpha value is -0.810. The van der Waals surface area contributed by atoms with Crippen LogP contribution in [0.3, 0.4) is 0 Å². The van der Waals surface area contributed by atoms with Crippen molar-refractivity contribution in [1.29, 1.82) is 0 Å². The lowest BCUT2D eigenvalue weighted by molar-refractivity contribution is 0.0925. The van der Waals surface area contributed by atoms with Gasteiger partial charge in [0, 0.05) is 24.2 Å². The molecule has 1 aromatic heterocycles. The molecular weight excluding hydrogens is 210 g/mol. The summed E-state index contributed by atoms with van der Waals surface area (Å²) >= 11 is 1.83. The number of methoxy groups -OCH3 is 1. The van der Waals surface area contributed by atoms with Crippen LogP contribution in [0, 0.1) is 0 Å². The molecule has 2 rings (SSSR count). The average molecular weight is 225 g/mol. The zero-order valence-corrected chi connectivity index (χ0v) is 9.80. The number of aromatic nitrogens is 2. The normalized spacial score (nSPS) is 16.4. The fourth-order valence-electron chi connectivity index (χ4n) is 1.69. The second-order valence-corrected chi connectivity index (χ2v) is 4.50. The van der Waals surface area contributed by atoms with Gasteiger partial charge in [-0.1, -0.05) is 6.92 Å². The van der Waals surface area contributed by atoms with Crippen molar-refractivity contribution >= 4 is 17.6 Å². The van der Waals surface area contributed by atoms with E-state index in [9.17, 15) is 0 Å². The summed E-state index contributed by atoms with van der Waals surface area (Å²) in [6.07, 6.45) is 0.824. The molecule has 1 atom stereocenters. The Morgan fingerprint density at radius 1 is 1.47 bits per heavy atom. The van der Waals surface area contributed by atoms with E-state index in [0.29, 0.717) is 5.82 Å². The summed E-state index contributed by atoms with van der Waals surface area (Å²) < 4.78 is 5.31. The number of nitrogens with two attached hydrogens (primary N) is 1. The first-order valence-corrected chi connectivity index (χ1v) is 6.17. The van der Waals surface area contributed by atoms with E-state index in [2.05, 4.69) is 16.9 Å². The van der Waals surface area contributed by atoms with Gasteiger partial charge in [-0.15, -0.1) is 0 Å². The Labute approximate surface area is 93.6 Å². The first-order chi connectivity index (χ1) is 7.26. The lowest BCUT2D eigenvalue weighted by Gasteiger charge is -2.13. The Morgan fingerprint density at radius 3 is 2.93 bits per heavy atom. The van der Waals surface area contributed by atoms with Gasteiger partial charge in [0.1, 0.15) is 11.9 Å². The third-order valence-electron chi connectivity index (χ3n) is 2.57. The average Bonchev–Trinajstić information content (AvgIpc) is 2.68. The molecule has 0 bridgehead atoms. The van der Waals surface area contributed by atoms with Gasteiger partial charge in [0.15, 0.2) is 5.82 Å². The lowest BCUT2D eigenvalue weighted by Crippen LogP contribution is -2.10. The zero-order valence-electron chi connectivity index (χ0n) is 8.99. The zero-order chi connectivity index (χ0) is 10.8. The van der Waals surface area contributed by atoms with Crippen LogP contribution in [-0.4, -0.2) is 17.1 Å². The summed E-state index contributed by atoms with van der Waals surface area (Å²) in [4.78, 5) is 8.83. The summed E-state index contributed by atoms with van der Waals surface area (Å²) in [5.41, 5.74) is 8.09. The number of nitrogens with zero attached hydrogens (tertiary/aromatic N) is 2. The van der Waals surface area contributed by atoms with E-state index in [4.69, 9.17) is 10.5 Å². The highest BCUT2D eigenvalue weighted by molar-refractivity contribution is 7.98. The number of fused-ring (bicyclic) bond motifs is 1. The van der Waals surface area contributed by atoms with Crippen molar-refractivity contribution in [1.82, 2.24) is 9.97 Å². The minimum Gasteiger partial charge on any atom is -0.383 e. The maximum atomic E-state index is 5.90. The number of rotatable bonds is 3. The van der Waals surface area contributed by atoms with Gasteiger partial charge < -0.3 is 10.5 Å². The van der Waals surface area contributed by atoms with Crippen molar-refractivity contribution in [2.24, 2.45) is 0 Å². The molecule has 0 saturated carbocycles. The summed E-state index contributed by atoms with van der Waals surface area (Å²) in [5.74, 6) is 3.22. The molecule has 1 aliphatic rings. The van der Waals surface area contributed by atoms with Crippen LogP contribution in [0.25, 0.3) is 0 Å². The van der Waals surface area contributed by atoms with Gasteiger partial charge in [0.2, 0.25) is 0 Å². The number of anilines is 1. The summed E-state index contributed by atoms with van der Waals surface area (Å²) in [6, 6.07) is 0. The molecule has 1 aliphatic heterocycles. The molecule has 1 aromatic rings. The van der Waals surface area contributed by atoms with E-state index < -0.39 is 0 Å². The van der Waals surface area contributed by atoms with E-state index in [0.717, 1.165) is 35.0 Å². The Bertz CT molecular complexity index is 366. The van der Waals surface area contributed by atoms with Gasteiger partial charge in [-0.25, -0.2) is 9.97 Å². The van der Waals surface area contributed by atoms with Crippen LogP contribution in [0.1, 0.15) is 36.5 Å². The van der Waals surface area contributed by atoms with Gasteiger partial charge in [0.25, 0.3) is 0 Å². The van der Waals surface area contributed by atoms with Crippen molar-refractivity contribution in [3.8, 4) is 0 Å². The summed E-state index contributed by atoms with van der Waals surface area (Å²) in [5, 5.41) is 0. The molecule has 0 spiro atoms. The minimum atomic E-state index is -0.0387. The highest BCUT2D eigenvalue weighted by atomic mass is 32.2. The molecule has 1 unspecified atom stereocenters. The molecule has 2 heterocycles. The van der Waals surface area contributed by atoms with Crippen LogP contribution >= 0.6 is 11.8 Å². The van der Waals surface area contributed by atoms with Gasteiger partial charge in [-0.05, 0) is 6.42 Å². The molecule has 0 amide bonds. The molecule has 2 N–H and O–H groups in total. The maximum Gasteiger partial charge on any atom is 0.159 e. The fourth-order valence-corrected chi connectivity index (χ4v) is 2.75. The first kappa shape index (κ1) is 10.7. The van der Waals surface area contributed by atoms with Crippen LogP contribution in [0.5, 0.6) is 0 Å². The largest absolute Gasteiger partial charge is 0.383 e. The Balaban J connectivity index is 2.38. The number of thioether (sulfide) groups is 1. The summed E-state index contributed by atoms with van der Waals surface area (Å²) in [7, 11) is 1.68. The van der Waals surface area contributed by atoms with Crippen molar-refractivity contribution in [3.05, 3.63) is 17.1 Å². The van der Waals surface area contributed by atoms with E-state index in [1.165, 1.54) is 0 Å². The third-order valence-corrected chi connectivity index (χ3v) is 3.54. The topological polar surface area (TPSA) is 61.0 Å². The van der Waals surface area contributed by atoms with E-state index in [-0.39, 0.29) is 6.10 Å². The monoisotopic (exact) mass is 225 g/mol. The third kappa shape index (κ3) is 1.94. The van der Waals surface area contributed by atoms with Crippen molar-refractivity contribution in [3.63, 3.8) is 0 Å². The quantitative estimate of drug-likeness (QED) is 0.851. The lowest BCUT2D eigenvalue weighted by atomic mass is 10.2. The van der Waals surface area contributed by atoms with Gasteiger partial charge in [-0.2, -0.15) is 11.8 Å². The van der Waals surface area contributed by atoms with Crippen molar-refractivity contribution in [2.75, 3.05) is 12.8 Å². The highest BCUT2D eigenvalue weighted by Gasteiger charge is 2.21. The number of nitrogen functional groups attached to an aromatic ring is 1. The van der Waals surface area contributed by atoms with E-state index in [1.807, 2.05) is 11.8 Å². The van der Waals surface area contributed by atoms with Crippen LogP contribution in [-0.2, 0) is 16.2 Å². The molecular formula is C10H15N3OS. The van der Waals surface area contributed by atoms with Gasteiger partial charge in [0.05, 0.1) is 5.69 Å². The van der Waals surface area contributed by atoms with Crippen LogP contribution in [0.15, 0.2) is 0 Å². The Morgan fingerprint density at radius 2 is 2.27 bits per heavy atom. The standard InChI is InChI=1S/C10H15N3OS/c1-3-8(14-2)10-12-7-5-15-4-6(7)9(11)13-10/h8H,3-5H2,1-2H3,(H2,11,12,13). The fraction of sp³-hybridized carbons (Fsp3) is 0.600. The predicted octanol–water partition coefficient (Wildman–Crippen LogP) is 1.90. The molecule has 0 aliphatic carbocycles. The second-order valence-electron chi connectivity index (χ2n) is 3.52. The van der Waals surface area contributed by atoms with E-state index >= 15 is 0 Å². The highest BCUT2D eigenvalue weighted by Crippen LogP contribution is 2.32. The van der Waals surface area contributed by atoms with E-state index in [1.54, 1.807) is 7.11 Å². The maximum absolute atomic E-state index is 5.90. The van der Waals surface area contributed by atoms with Crippen LogP contribution < -0.4 is 5.73 Å². The first-order valence-electron chi connectivity index (χ1n) is 5.02. The minimum absolute atomic E-state index is 0.0387. The number of ether oxygens (including phenoxy) is 1. The smallest absolute Gasteiger partial charge is 0.159 e. The van der Waals surface area contributed by atoms with Crippen molar-refractivity contribution in [2.45, 2.75) is 31.0 Å². The molecule has 0 saturated heterocycles. The number of hydrogen-bond donors (Lipinski definition) is 1.